The average Bonchev–Trinajstić information content (AvgIpc) is 2.49. The van der Waals surface area contributed by atoms with Gasteiger partial charge in [-0.15, -0.1) is 0 Å². The van der Waals surface area contributed by atoms with Gasteiger partial charge in [-0.05, 0) is 17.4 Å². The smallest absolute Gasteiger partial charge is 0.183 e. The summed E-state index contributed by atoms with van der Waals surface area (Å²) in [5.41, 5.74) is 2.26. The van der Waals surface area contributed by atoms with Crippen molar-refractivity contribution in [2.75, 3.05) is 0 Å². The molecule has 0 aromatic heterocycles. The fourth-order valence-electron chi connectivity index (χ4n) is 3.38. The van der Waals surface area contributed by atoms with Crippen molar-refractivity contribution in [3.05, 3.63) is 66.0 Å². The van der Waals surface area contributed by atoms with E-state index in [2.05, 4.69) is 24.3 Å². The number of benzene rings is 2. The minimum Gasteiger partial charge on any atom is -0.207 e. The van der Waals surface area contributed by atoms with Crippen LogP contribution >= 0.6 is 0 Å². The first-order valence-corrected chi connectivity index (χ1v) is 7.15. The van der Waals surface area contributed by atoms with E-state index in [1.165, 1.54) is 24.6 Å². The normalized spacial score (nSPS) is 19.4. The van der Waals surface area contributed by atoms with Crippen molar-refractivity contribution in [2.24, 2.45) is 0 Å². The molecule has 1 aliphatic rings. The highest BCUT2D eigenvalue weighted by molar-refractivity contribution is 6.74. The average molecular weight is 252 g/mol. The Kier molecular flexibility index (Phi) is 3.68. The third kappa shape index (κ3) is 2.58. The maximum absolute atomic E-state index is 14.1. The molecule has 2 aromatic rings. The van der Waals surface area contributed by atoms with Crippen LogP contribution in [0.4, 0.5) is 4.39 Å². The van der Waals surface area contributed by atoms with E-state index in [1.54, 1.807) is 12.1 Å². The van der Waals surface area contributed by atoms with Crippen LogP contribution < -0.4 is 5.46 Å². The second kappa shape index (κ2) is 5.60. The van der Waals surface area contributed by atoms with Crippen LogP contribution in [-0.2, 0) is 0 Å². The summed E-state index contributed by atoms with van der Waals surface area (Å²) >= 11 is 0. The van der Waals surface area contributed by atoms with Crippen LogP contribution in [0, 0.1) is 5.82 Å². The largest absolute Gasteiger partial charge is 0.207 e. The lowest BCUT2D eigenvalue weighted by Gasteiger charge is -2.30. The molecule has 2 aromatic carbocycles. The van der Waals surface area contributed by atoms with Gasteiger partial charge in [0.25, 0.3) is 0 Å². The molecule has 1 heterocycles. The van der Waals surface area contributed by atoms with Gasteiger partial charge in [-0.2, -0.15) is 0 Å². The van der Waals surface area contributed by atoms with E-state index in [0.717, 1.165) is 12.0 Å². The number of rotatable bonds is 2. The summed E-state index contributed by atoms with van der Waals surface area (Å²) in [6.07, 6.45) is 4.73. The first kappa shape index (κ1) is 12.5. The third-order valence-corrected chi connectivity index (χ3v) is 4.30. The maximum Gasteiger partial charge on any atom is 0.183 e. The summed E-state index contributed by atoms with van der Waals surface area (Å²) in [5.74, 6) is 0.285. The lowest BCUT2D eigenvalue weighted by molar-refractivity contribution is 0.579. The molecule has 19 heavy (non-hydrogen) atoms. The van der Waals surface area contributed by atoms with Crippen LogP contribution in [-0.4, -0.2) is 6.71 Å². The Morgan fingerprint density at radius 2 is 1.63 bits per heavy atom. The van der Waals surface area contributed by atoms with E-state index in [9.17, 15) is 4.39 Å². The van der Waals surface area contributed by atoms with E-state index in [4.69, 9.17) is 0 Å². The van der Waals surface area contributed by atoms with Crippen LogP contribution in [0.25, 0.3) is 0 Å². The second-order valence-electron chi connectivity index (χ2n) is 5.43. The second-order valence-corrected chi connectivity index (χ2v) is 5.43. The summed E-state index contributed by atoms with van der Waals surface area (Å²) in [5, 5.41) is 0. The lowest BCUT2D eigenvalue weighted by Crippen LogP contribution is -2.39. The van der Waals surface area contributed by atoms with Gasteiger partial charge in [-0.25, -0.2) is 4.39 Å². The van der Waals surface area contributed by atoms with Crippen LogP contribution in [0.1, 0.15) is 30.6 Å². The summed E-state index contributed by atoms with van der Waals surface area (Å²) < 4.78 is 14.1. The van der Waals surface area contributed by atoms with Crippen molar-refractivity contribution >= 4 is 12.2 Å². The molecule has 0 aliphatic carbocycles. The molecule has 1 saturated heterocycles. The van der Waals surface area contributed by atoms with Crippen molar-refractivity contribution in [3.63, 3.8) is 0 Å². The molecule has 1 atom stereocenters. The van der Waals surface area contributed by atoms with Gasteiger partial charge in [0, 0.05) is 0 Å². The Hall–Kier alpha value is -1.57. The van der Waals surface area contributed by atoms with Gasteiger partial charge in [0.15, 0.2) is 6.71 Å². The Morgan fingerprint density at radius 1 is 0.895 bits per heavy atom. The highest BCUT2D eigenvalue weighted by atomic mass is 19.1. The van der Waals surface area contributed by atoms with Crippen molar-refractivity contribution in [1.29, 1.82) is 0 Å². The zero-order valence-electron chi connectivity index (χ0n) is 11.1. The molecule has 0 bridgehead atoms. The van der Waals surface area contributed by atoms with Crippen LogP contribution in [0.3, 0.4) is 0 Å². The number of hydrogen-bond acceptors (Lipinski definition) is 0. The third-order valence-electron chi connectivity index (χ3n) is 4.30. The molecule has 0 spiro atoms. The minimum atomic E-state index is -0.0460. The fraction of sp³-hybridized carbons (Fsp3) is 0.294. The number of halogens is 1. The van der Waals surface area contributed by atoms with Crippen molar-refractivity contribution in [2.45, 2.75) is 31.4 Å². The highest BCUT2D eigenvalue weighted by Gasteiger charge is 2.32. The molecule has 1 unspecified atom stereocenters. The van der Waals surface area contributed by atoms with Crippen LogP contribution in [0.15, 0.2) is 54.6 Å². The molecule has 96 valence electrons. The predicted octanol–water partition coefficient (Wildman–Crippen LogP) is 4.03. The van der Waals surface area contributed by atoms with Crippen LogP contribution in [0.2, 0.25) is 6.32 Å². The molecular weight excluding hydrogens is 234 g/mol. The quantitative estimate of drug-likeness (QED) is 0.708. The zero-order chi connectivity index (χ0) is 13.1. The van der Waals surface area contributed by atoms with Crippen molar-refractivity contribution < 1.29 is 4.39 Å². The first-order chi connectivity index (χ1) is 9.36. The van der Waals surface area contributed by atoms with E-state index < -0.39 is 0 Å². The topological polar surface area (TPSA) is 0 Å². The van der Waals surface area contributed by atoms with Gasteiger partial charge in [0.05, 0.1) is 0 Å². The SMILES string of the molecule is Fc1ccccc1C1CCCCB1c1ccccc1. The summed E-state index contributed by atoms with van der Waals surface area (Å²) in [4.78, 5) is 0. The number of hydrogen-bond donors (Lipinski definition) is 0. The van der Waals surface area contributed by atoms with E-state index >= 15 is 0 Å². The van der Waals surface area contributed by atoms with Gasteiger partial charge >= 0.3 is 0 Å². The van der Waals surface area contributed by atoms with E-state index in [0.29, 0.717) is 12.5 Å². The van der Waals surface area contributed by atoms with Gasteiger partial charge in [-0.1, -0.05) is 79.6 Å². The molecule has 0 amide bonds. The summed E-state index contributed by atoms with van der Waals surface area (Å²) in [6, 6.07) is 17.9. The van der Waals surface area contributed by atoms with Crippen molar-refractivity contribution in [3.8, 4) is 0 Å². The predicted molar refractivity (Wildman–Crippen MR) is 79.6 cm³/mol. The minimum absolute atomic E-state index is 0.0460. The van der Waals surface area contributed by atoms with Gasteiger partial charge in [0.2, 0.25) is 0 Å². The molecule has 0 radical (unpaired) electrons. The van der Waals surface area contributed by atoms with E-state index in [1.807, 2.05) is 18.2 Å². The van der Waals surface area contributed by atoms with Crippen LogP contribution in [0.5, 0.6) is 0 Å². The maximum atomic E-state index is 14.1. The summed E-state index contributed by atoms with van der Waals surface area (Å²) in [7, 11) is 0. The molecule has 0 saturated carbocycles. The molecule has 1 fully saturated rings. The monoisotopic (exact) mass is 252 g/mol. The lowest BCUT2D eigenvalue weighted by atomic mass is 9.31. The fourth-order valence-corrected chi connectivity index (χ4v) is 3.38. The molecular formula is C17H18BF. The van der Waals surface area contributed by atoms with E-state index in [-0.39, 0.29) is 5.82 Å². The first-order valence-electron chi connectivity index (χ1n) is 7.15. The van der Waals surface area contributed by atoms with Crippen molar-refractivity contribution in [1.82, 2.24) is 0 Å². The Bertz CT molecular complexity index is 538. The molecule has 1 aliphatic heterocycles. The Balaban J connectivity index is 1.96. The standard InChI is InChI=1S/C17H18BF/c19-17-12-5-4-10-15(17)16-11-6-7-13-18(16)14-8-2-1-3-9-14/h1-5,8-10,12,16H,6-7,11,13H2. The summed E-state index contributed by atoms with van der Waals surface area (Å²) in [6.45, 7) is 0.465. The molecule has 3 rings (SSSR count). The van der Waals surface area contributed by atoms with Gasteiger partial charge in [-0.3, -0.25) is 0 Å². The van der Waals surface area contributed by atoms with Gasteiger partial charge < -0.3 is 0 Å². The molecule has 2 heteroatoms. The molecule has 0 nitrogen and oxygen atoms in total. The molecule has 0 N–H and O–H groups in total. The highest BCUT2D eigenvalue weighted by Crippen LogP contribution is 2.33. The zero-order valence-corrected chi connectivity index (χ0v) is 11.1. The van der Waals surface area contributed by atoms with Gasteiger partial charge in [0.1, 0.15) is 5.82 Å². The Labute approximate surface area is 114 Å². The Morgan fingerprint density at radius 3 is 2.42 bits per heavy atom.